The third-order valence-corrected chi connectivity index (χ3v) is 8.64. The molecule has 0 N–H and O–H groups in total. The molecule has 2 atom stereocenters. The summed E-state index contributed by atoms with van der Waals surface area (Å²) in [7, 11) is 1.65. The van der Waals surface area contributed by atoms with Gasteiger partial charge >= 0.3 is 118 Å². The van der Waals surface area contributed by atoms with Crippen molar-refractivity contribution in [2.24, 2.45) is 0 Å². The molecule has 3 nitrogen and oxygen atoms in total. The summed E-state index contributed by atoms with van der Waals surface area (Å²) in [6.07, 6.45) is 1.02. The maximum absolute atomic E-state index is 12.3. The molecule has 96 valence electrons. The average Bonchev–Trinajstić information content (AvgIpc) is 2.41. The number of hydrogen-bond acceptors (Lipinski definition) is 3. The molecule has 2 aliphatic rings. The van der Waals surface area contributed by atoms with Crippen molar-refractivity contribution in [2.45, 2.75) is 21.6 Å². The minimum atomic E-state index is -0.247. The van der Waals surface area contributed by atoms with Gasteiger partial charge in [0, 0.05) is 0 Å². The molecule has 1 aromatic rings. The van der Waals surface area contributed by atoms with Crippen molar-refractivity contribution in [1.29, 1.82) is 0 Å². The van der Waals surface area contributed by atoms with Gasteiger partial charge in [0.15, 0.2) is 0 Å². The second kappa shape index (κ2) is 4.89. The Morgan fingerprint density at radius 1 is 1.44 bits per heavy atom. The summed E-state index contributed by atoms with van der Waals surface area (Å²) in [5.74, 6) is 1.23. The van der Waals surface area contributed by atoms with Crippen molar-refractivity contribution < 1.29 is 9.53 Å². The second-order valence-electron chi connectivity index (χ2n) is 4.31. The predicted octanol–water partition coefficient (Wildman–Crippen LogP) is 1.96. The molecule has 2 saturated heterocycles. The van der Waals surface area contributed by atoms with E-state index in [1.807, 2.05) is 47.0 Å². The minimum absolute atomic E-state index is 0.0988. The molecule has 0 aromatic heterocycles. The summed E-state index contributed by atoms with van der Waals surface area (Å²) in [6, 6.07) is 9.97. The van der Waals surface area contributed by atoms with E-state index in [0.717, 1.165) is 11.4 Å². The van der Waals surface area contributed by atoms with Crippen molar-refractivity contribution in [2.75, 3.05) is 17.8 Å². The van der Waals surface area contributed by atoms with Crippen molar-refractivity contribution in [3.05, 3.63) is 30.3 Å². The third-order valence-electron chi connectivity index (χ3n) is 3.24. The van der Waals surface area contributed by atoms with Crippen molar-refractivity contribution in [1.82, 2.24) is 0 Å². The number of carbonyl (C=O) groups is 1. The molecule has 2 aliphatic heterocycles. The van der Waals surface area contributed by atoms with E-state index < -0.39 is 0 Å². The molecular weight excluding hydrogens is 313 g/mol. The van der Waals surface area contributed by atoms with Gasteiger partial charge in [0.2, 0.25) is 0 Å². The van der Waals surface area contributed by atoms with Crippen LogP contribution in [-0.4, -0.2) is 43.6 Å². The number of carbonyl (C=O) groups excluding carboxylic acids is 1. The first-order valence-electron chi connectivity index (χ1n) is 5.99. The number of benzene rings is 1. The number of para-hydroxylation sites is 1. The van der Waals surface area contributed by atoms with Gasteiger partial charge < -0.3 is 0 Å². The van der Waals surface area contributed by atoms with Crippen LogP contribution in [0.15, 0.2) is 30.3 Å². The Hall–Kier alpha value is -0.481. The summed E-state index contributed by atoms with van der Waals surface area (Å²) in [4.78, 5) is 14.2. The molecule has 1 aromatic carbocycles. The van der Waals surface area contributed by atoms with Crippen molar-refractivity contribution in [3.8, 4) is 0 Å². The fourth-order valence-corrected chi connectivity index (χ4v) is 8.29. The van der Waals surface area contributed by atoms with Crippen LogP contribution in [-0.2, 0) is 9.53 Å². The quantitative estimate of drug-likeness (QED) is 0.614. The number of methoxy groups -OCH3 is 1. The zero-order valence-electron chi connectivity index (χ0n) is 10.2. The van der Waals surface area contributed by atoms with Crippen LogP contribution >= 0.6 is 11.8 Å². The monoisotopic (exact) mass is 329 g/mol. The van der Waals surface area contributed by atoms with E-state index in [2.05, 4.69) is 0 Å². The summed E-state index contributed by atoms with van der Waals surface area (Å²) < 4.78 is 5.35. The van der Waals surface area contributed by atoms with Gasteiger partial charge in [-0.2, -0.15) is 0 Å². The Labute approximate surface area is 117 Å². The van der Waals surface area contributed by atoms with Gasteiger partial charge in [0.05, 0.1) is 0 Å². The molecule has 0 bridgehead atoms. The number of hydrogen-bond donors (Lipinski definition) is 0. The number of thioether (sulfide) groups is 1. The average molecular weight is 328 g/mol. The van der Waals surface area contributed by atoms with Gasteiger partial charge in [-0.05, 0) is 0 Å². The summed E-state index contributed by atoms with van der Waals surface area (Å²) in [5.41, 5.74) is 1.01. The van der Waals surface area contributed by atoms with E-state index in [4.69, 9.17) is 4.74 Å². The van der Waals surface area contributed by atoms with E-state index in [-0.39, 0.29) is 15.8 Å². The first-order valence-corrected chi connectivity index (χ1v) is 9.05. The first-order chi connectivity index (χ1) is 8.79. The van der Waals surface area contributed by atoms with Gasteiger partial charge in [-0.25, -0.2) is 0 Å². The molecule has 2 fully saturated rings. The molecule has 0 saturated carbocycles. The molecule has 2 heterocycles. The Morgan fingerprint density at radius 3 is 2.83 bits per heavy atom. The van der Waals surface area contributed by atoms with Crippen LogP contribution in [0.1, 0.15) is 6.42 Å². The molecule has 1 amide bonds. The van der Waals surface area contributed by atoms with Gasteiger partial charge in [0.1, 0.15) is 0 Å². The van der Waals surface area contributed by atoms with Crippen LogP contribution in [0.25, 0.3) is 0 Å². The number of anilines is 1. The zero-order chi connectivity index (χ0) is 12.6. The summed E-state index contributed by atoms with van der Waals surface area (Å²) in [5, 5.41) is 1.23. The Kier molecular flexibility index (Phi) is 3.41. The SMILES string of the molecule is CO[C@@H]1C(=O)N(c2ccccc2)[C@@]12SCCC[Se]2. The number of amides is 1. The van der Waals surface area contributed by atoms with Gasteiger partial charge in [-0.1, -0.05) is 0 Å². The molecule has 5 heteroatoms. The van der Waals surface area contributed by atoms with Crippen LogP contribution in [0.2, 0.25) is 5.32 Å². The number of rotatable bonds is 2. The normalized spacial score (nSPS) is 31.5. The number of ether oxygens (including phenoxy) is 1. The summed E-state index contributed by atoms with van der Waals surface area (Å²) >= 11 is 2.32. The van der Waals surface area contributed by atoms with Crippen LogP contribution in [0.4, 0.5) is 5.69 Å². The van der Waals surface area contributed by atoms with E-state index in [9.17, 15) is 4.79 Å². The fourth-order valence-electron chi connectivity index (χ4n) is 2.43. The maximum atomic E-state index is 12.3. The molecule has 3 rings (SSSR count). The molecule has 18 heavy (non-hydrogen) atoms. The van der Waals surface area contributed by atoms with E-state index in [0.29, 0.717) is 15.0 Å². The van der Waals surface area contributed by atoms with Crippen molar-refractivity contribution >= 4 is 38.3 Å². The molecule has 1 spiro atoms. The van der Waals surface area contributed by atoms with E-state index in [1.54, 1.807) is 7.11 Å². The molecule has 0 unspecified atom stereocenters. The number of nitrogens with zero attached hydrogens (tertiary/aromatic N) is 1. The zero-order valence-corrected chi connectivity index (χ0v) is 12.7. The van der Waals surface area contributed by atoms with Crippen LogP contribution in [0, 0.1) is 0 Å². The fraction of sp³-hybridized carbons (Fsp3) is 0.462. The van der Waals surface area contributed by atoms with Gasteiger partial charge in [-0.15, -0.1) is 0 Å². The first kappa shape index (κ1) is 12.5. The summed E-state index contributed by atoms with van der Waals surface area (Å²) in [6.45, 7) is 0. The second-order valence-corrected chi connectivity index (χ2v) is 8.98. The van der Waals surface area contributed by atoms with Gasteiger partial charge in [-0.3, -0.25) is 0 Å². The molecular formula is C13H15NO2SSe. The van der Waals surface area contributed by atoms with E-state index in [1.165, 1.54) is 11.7 Å². The Bertz CT molecular complexity index is 448. The topological polar surface area (TPSA) is 29.5 Å². The van der Waals surface area contributed by atoms with E-state index >= 15 is 0 Å². The van der Waals surface area contributed by atoms with Crippen LogP contribution < -0.4 is 4.90 Å². The Morgan fingerprint density at radius 2 is 2.22 bits per heavy atom. The van der Waals surface area contributed by atoms with Crippen LogP contribution in [0.5, 0.6) is 0 Å². The predicted molar refractivity (Wildman–Crippen MR) is 75.1 cm³/mol. The van der Waals surface area contributed by atoms with Crippen molar-refractivity contribution in [3.63, 3.8) is 0 Å². The third kappa shape index (κ3) is 1.73. The molecule has 0 radical (unpaired) electrons. The van der Waals surface area contributed by atoms with Gasteiger partial charge in [0.25, 0.3) is 0 Å². The van der Waals surface area contributed by atoms with Crippen LogP contribution in [0.3, 0.4) is 0 Å². The number of β-lactam (4-membered cyclic amide) rings is 1. The molecule has 0 aliphatic carbocycles. The Balaban J connectivity index is 1.95. The standard InChI is InChI=1S/C13H15NO2SSe/c1-16-11-12(15)14(10-6-3-2-4-7-10)13(11)17-8-5-9-18-13/h2-4,6-7,11H,5,8-9H2,1H3/t11-,13-/m1/s1.